The zero-order valence-electron chi connectivity index (χ0n) is 12.7. The first-order chi connectivity index (χ1) is 10.2. The van der Waals surface area contributed by atoms with Crippen LogP contribution < -0.4 is 16.0 Å². The zero-order chi connectivity index (χ0) is 14.8. The third kappa shape index (κ3) is 3.25. The summed E-state index contributed by atoms with van der Waals surface area (Å²) in [6.45, 7) is 5.74. The fourth-order valence-corrected chi connectivity index (χ4v) is 2.51. The van der Waals surface area contributed by atoms with Crippen molar-refractivity contribution in [3.63, 3.8) is 0 Å². The first kappa shape index (κ1) is 14.1. The molecule has 1 atom stereocenters. The first-order valence-electron chi connectivity index (χ1n) is 7.83. The number of nitrogens with zero attached hydrogens (tertiary/aromatic N) is 2. The summed E-state index contributed by atoms with van der Waals surface area (Å²) in [6.07, 6.45) is 3.93. The Morgan fingerprint density at radius 1 is 1.29 bits per heavy atom. The molecule has 1 aliphatic carbocycles. The number of hydrogen-bond acceptors (Lipinski definition) is 5. The van der Waals surface area contributed by atoms with Crippen molar-refractivity contribution in [1.82, 2.24) is 15.3 Å². The van der Waals surface area contributed by atoms with Crippen LogP contribution in [0.15, 0.2) is 0 Å². The first-order valence-corrected chi connectivity index (χ1v) is 7.83. The van der Waals surface area contributed by atoms with Gasteiger partial charge in [0.2, 0.25) is 5.91 Å². The molecule has 6 nitrogen and oxygen atoms in total. The Morgan fingerprint density at radius 2 is 2.05 bits per heavy atom. The molecule has 1 aromatic rings. The summed E-state index contributed by atoms with van der Waals surface area (Å²) < 4.78 is 0. The van der Waals surface area contributed by atoms with Gasteiger partial charge in [0, 0.05) is 31.0 Å². The second-order valence-electron chi connectivity index (χ2n) is 5.95. The van der Waals surface area contributed by atoms with Crippen LogP contribution in [0.4, 0.5) is 11.6 Å². The molecule has 0 aromatic carbocycles. The lowest BCUT2D eigenvalue weighted by atomic mass is 10.2. The van der Waals surface area contributed by atoms with E-state index in [1.807, 2.05) is 6.92 Å². The quantitative estimate of drug-likeness (QED) is 0.744. The molecule has 0 radical (unpaired) electrons. The maximum absolute atomic E-state index is 11.3. The van der Waals surface area contributed by atoms with Crippen molar-refractivity contribution >= 4 is 17.5 Å². The predicted octanol–water partition coefficient (Wildman–Crippen LogP) is 1.78. The highest BCUT2D eigenvalue weighted by Crippen LogP contribution is 2.39. The van der Waals surface area contributed by atoms with Crippen molar-refractivity contribution in [2.75, 3.05) is 23.7 Å². The van der Waals surface area contributed by atoms with Crippen molar-refractivity contribution in [3.05, 3.63) is 11.4 Å². The van der Waals surface area contributed by atoms with Gasteiger partial charge in [0.1, 0.15) is 17.5 Å². The molecule has 0 spiro atoms. The summed E-state index contributed by atoms with van der Waals surface area (Å²) in [6, 6.07) is 0.122. The van der Waals surface area contributed by atoms with Crippen molar-refractivity contribution in [2.24, 2.45) is 0 Å². The highest BCUT2D eigenvalue weighted by Gasteiger charge is 2.29. The molecular weight excluding hydrogens is 266 g/mol. The minimum Gasteiger partial charge on any atom is -0.370 e. The molecule has 3 N–H and O–H groups in total. The van der Waals surface area contributed by atoms with Gasteiger partial charge < -0.3 is 16.0 Å². The molecular formula is C15H23N5O. The lowest BCUT2D eigenvalue weighted by Gasteiger charge is -2.17. The molecule has 114 valence electrons. The zero-order valence-corrected chi connectivity index (χ0v) is 12.7. The number of carbonyl (C=O) groups is 1. The molecule has 2 heterocycles. The van der Waals surface area contributed by atoms with E-state index in [9.17, 15) is 4.79 Å². The average molecular weight is 289 g/mol. The molecule has 1 unspecified atom stereocenters. The number of amides is 1. The Hall–Kier alpha value is -1.85. The largest absolute Gasteiger partial charge is 0.370 e. The SMILES string of the molecule is CCCNc1nc(C2CC2)nc(NC2CNC(=O)C2)c1C. The molecule has 1 aliphatic heterocycles. The summed E-state index contributed by atoms with van der Waals surface area (Å²) in [5.41, 5.74) is 1.03. The van der Waals surface area contributed by atoms with E-state index in [1.165, 1.54) is 12.8 Å². The minimum absolute atomic E-state index is 0.103. The van der Waals surface area contributed by atoms with Crippen LogP contribution in [0.5, 0.6) is 0 Å². The molecule has 1 saturated carbocycles. The van der Waals surface area contributed by atoms with Crippen LogP contribution in [0.1, 0.15) is 49.9 Å². The lowest BCUT2D eigenvalue weighted by molar-refractivity contribution is -0.119. The van der Waals surface area contributed by atoms with E-state index in [2.05, 4.69) is 27.9 Å². The molecule has 2 fully saturated rings. The van der Waals surface area contributed by atoms with E-state index in [4.69, 9.17) is 4.98 Å². The maximum Gasteiger partial charge on any atom is 0.222 e. The number of hydrogen-bond donors (Lipinski definition) is 3. The smallest absolute Gasteiger partial charge is 0.222 e. The second-order valence-corrected chi connectivity index (χ2v) is 5.95. The summed E-state index contributed by atoms with van der Waals surface area (Å²) in [5.74, 6) is 3.34. The van der Waals surface area contributed by atoms with Gasteiger partial charge in [0.25, 0.3) is 0 Å². The lowest BCUT2D eigenvalue weighted by Crippen LogP contribution is -2.24. The number of nitrogens with one attached hydrogen (secondary N) is 3. The third-order valence-corrected chi connectivity index (χ3v) is 3.97. The second kappa shape index (κ2) is 5.87. The normalized spacial score (nSPS) is 21.2. The number of carbonyl (C=O) groups excluding carboxylic acids is 1. The highest BCUT2D eigenvalue weighted by atomic mass is 16.1. The Bertz CT molecular complexity index is 541. The highest BCUT2D eigenvalue weighted by molar-refractivity contribution is 5.79. The molecule has 1 amide bonds. The summed E-state index contributed by atoms with van der Waals surface area (Å²) in [7, 11) is 0. The van der Waals surface area contributed by atoms with Crippen molar-refractivity contribution in [3.8, 4) is 0 Å². The van der Waals surface area contributed by atoms with Crippen molar-refractivity contribution < 1.29 is 4.79 Å². The number of anilines is 2. The molecule has 3 rings (SSSR count). The van der Waals surface area contributed by atoms with Gasteiger partial charge in [-0.3, -0.25) is 4.79 Å². The summed E-state index contributed by atoms with van der Waals surface area (Å²) >= 11 is 0. The van der Waals surface area contributed by atoms with Crippen LogP contribution in [-0.4, -0.2) is 35.0 Å². The summed E-state index contributed by atoms with van der Waals surface area (Å²) in [4.78, 5) is 20.7. The van der Waals surface area contributed by atoms with Crippen LogP contribution in [0, 0.1) is 6.92 Å². The monoisotopic (exact) mass is 289 g/mol. The van der Waals surface area contributed by atoms with Gasteiger partial charge in [-0.25, -0.2) is 9.97 Å². The summed E-state index contributed by atoms with van der Waals surface area (Å²) in [5, 5.41) is 9.64. The minimum atomic E-state index is 0.103. The molecule has 2 aliphatic rings. The standard InChI is InChI=1S/C15H23N5O/c1-3-6-16-13-9(2)14(18-11-7-12(21)17-8-11)20-15(19-13)10-4-5-10/h10-11H,3-8H2,1-2H3,(H,17,21)(H2,16,18,19,20). The Balaban J connectivity index is 1.82. The van der Waals surface area contributed by atoms with E-state index in [-0.39, 0.29) is 11.9 Å². The fraction of sp³-hybridized carbons (Fsp3) is 0.667. The maximum atomic E-state index is 11.3. The van der Waals surface area contributed by atoms with Gasteiger partial charge in [-0.05, 0) is 26.2 Å². The van der Waals surface area contributed by atoms with E-state index in [0.717, 1.165) is 36.0 Å². The topological polar surface area (TPSA) is 78.9 Å². The van der Waals surface area contributed by atoms with Crippen LogP contribution in [0.25, 0.3) is 0 Å². The van der Waals surface area contributed by atoms with Gasteiger partial charge in [-0.15, -0.1) is 0 Å². The molecule has 1 aromatic heterocycles. The van der Waals surface area contributed by atoms with Crippen LogP contribution in [0.2, 0.25) is 0 Å². The predicted molar refractivity (Wildman–Crippen MR) is 82.6 cm³/mol. The van der Waals surface area contributed by atoms with Crippen LogP contribution in [-0.2, 0) is 4.79 Å². The van der Waals surface area contributed by atoms with E-state index >= 15 is 0 Å². The van der Waals surface area contributed by atoms with Gasteiger partial charge in [-0.1, -0.05) is 6.92 Å². The molecule has 21 heavy (non-hydrogen) atoms. The fourth-order valence-electron chi connectivity index (χ4n) is 2.51. The Labute approximate surface area is 125 Å². The third-order valence-electron chi connectivity index (χ3n) is 3.97. The average Bonchev–Trinajstić information content (AvgIpc) is 3.23. The van der Waals surface area contributed by atoms with E-state index in [1.54, 1.807) is 0 Å². The van der Waals surface area contributed by atoms with Crippen molar-refractivity contribution in [2.45, 2.75) is 51.5 Å². The van der Waals surface area contributed by atoms with Crippen molar-refractivity contribution in [1.29, 1.82) is 0 Å². The van der Waals surface area contributed by atoms with E-state index < -0.39 is 0 Å². The number of rotatable bonds is 6. The molecule has 6 heteroatoms. The number of aromatic nitrogens is 2. The van der Waals surface area contributed by atoms with Gasteiger partial charge in [0.15, 0.2) is 0 Å². The van der Waals surface area contributed by atoms with E-state index in [0.29, 0.717) is 18.9 Å². The van der Waals surface area contributed by atoms with Crippen LogP contribution in [0.3, 0.4) is 0 Å². The molecule has 0 bridgehead atoms. The Kier molecular flexibility index (Phi) is 3.94. The Morgan fingerprint density at radius 3 is 2.67 bits per heavy atom. The molecule has 1 saturated heterocycles. The van der Waals surface area contributed by atoms with Gasteiger partial charge >= 0.3 is 0 Å². The van der Waals surface area contributed by atoms with Crippen LogP contribution >= 0.6 is 0 Å². The van der Waals surface area contributed by atoms with Gasteiger partial charge in [-0.2, -0.15) is 0 Å². The van der Waals surface area contributed by atoms with Gasteiger partial charge in [0.05, 0.1) is 6.04 Å².